The number of nitrogens with one attached hydrogen (secondary N) is 2. The molecule has 10 nitrogen and oxygen atoms in total. The number of hydrogen-bond acceptors (Lipinski definition) is 7. The van der Waals surface area contributed by atoms with Crippen LogP contribution in [0, 0.1) is 18.3 Å². The van der Waals surface area contributed by atoms with Gasteiger partial charge in [0.15, 0.2) is 5.82 Å². The van der Waals surface area contributed by atoms with Gasteiger partial charge in [-0.25, -0.2) is 13.8 Å². The van der Waals surface area contributed by atoms with Crippen LogP contribution in [-0.4, -0.2) is 62.7 Å². The summed E-state index contributed by atoms with van der Waals surface area (Å²) >= 11 is 0. The molecule has 246 valence electrons. The number of carbonyl (C=O) groups excluding carboxylic acids is 1. The van der Waals surface area contributed by atoms with E-state index in [0.717, 1.165) is 18.3 Å². The van der Waals surface area contributed by atoms with Crippen LogP contribution in [0.15, 0.2) is 53.6 Å². The van der Waals surface area contributed by atoms with Crippen LogP contribution in [0.5, 0.6) is 0 Å². The minimum Gasteiger partial charge on any atom is -0.356 e. The minimum absolute atomic E-state index is 0.0316. The van der Waals surface area contributed by atoms with Crippen LogP contribution < -0.4 is 15.8 Å². The Bertz CT molecular complexity index is 1910. The molecule has 1 aromatic carbocycles. The summed E-state index contributed by atoms with van der Waals surface area (Å²) in [6.07, 6.45) is -1.93. The standard InChI is InChI=1S/C32H31F5N8O2/c1-20-18-22(2-3-23(20)29(47)44-16-9-31(33,34)10-17-44)41-27-26-24(5-13-40-28(26)46)45(42-27)30(6-11-38)7-14-43(15-8-30)25-19-21(4-12-39-25)32(35,36)37/h2-5,12-13,18-19H,6-10,14-17H2,1H3,(H,40,46)(H,41,42). The quantitative estimate of drug-likeness (QED) is 0.246. The van der Waals surface area contributed by atoms with Gasteiger partial charge in [0.25, 0.3) is 17.4 Å². The van der Waals surface area contributed by atoms with E-state index in [2.05, 4.69) is 21.4 Å². The van der Waals surface area contributed by atoms with Crippen molar-refractivity contribution in [2.75, 3.05) is 36.4 Å². The van der Waals surface area contributed by atoms with E-state index in [1.165, 1.54) is 11.1 Å². The summed E-state index contributed by atoms with van der Waals surface area (Å²) < 4.78 is 68.9. The second kappa shape index (κ2) is 12.0. The van der Waals surface area contributed by atoms with Gasteiger partial charge in [-0.15, -0.1) is 0 Å². The van der Waals surface area contributed by atoms with Crippen LogP contribution in [0.1, 0.15) is 53.6 Å². The monoisotopic (exact) mass is 654 g/mol. The zero-order valence-corrected chi connectivity index (χ0v) is 25.4. The fourth-order valence-electron chi connectivity index (χ4n) is 6.38. The minimum atomic E-state index is -4.51. The summed E-state index contributed by atoms with van der Waals surface area (Å²) in [7, 11) is 0. The summed E-state index contributed by atoms with van der Waals surface area (Å²) in [6.45, 7) is 2.26. The van der Waals surface area contributed by atoms with E-state index in [0.29, 0.717) is 48.3 Å². The number of H-pyrrole nitrogens is 1. The highest BCUT2D eigenvalue weighted by Gasteiger charge is 2.40. The molecule has 1 amide bonds. The maximum atomic E-state index is 13.6. The van der Waals surface area contributed by atoms with Gasteiger partial charge in [-0.1, -0.05) is 0 Å². The highest BCUT2D eigenvalue weighted by atomic mass is 19.4. The third kappa shape index (κ3) is 6.24. The van der Waals surface area contributed by atoms with Gasteiger partial charge >= 0.3 is 6.18 Å². The number of fused-ring (bicyclic) bond motifs is 1. The zero-order chi connectivity index (χ0) is 33.6. The summed E-state index contributed by atoms with van der Waals surface area (Å²) in [6, 6.07) is 10.8. The molecular weight excluding hydrogens is 623 g/mol. The number of nitrogens with zero attached hydrogens (tertiary/aromatic N) is 6. The van der Waals surface area contributed by atoms with Crippen molar-refractivity contribution in [2.45, 2.75) is 56.7 Å². The van der Waals surface area contributed by atoms with Crippen molar-refractivity contribution in [3.8, 4) is 6.07 Å². The van der Waals surface area contributed by atoms with Gasteiger partial charge in [-0.05, 0) is 61.7 Å². The molecule has 0 radical (unpaired) electrons. The van der Waals surface area contributed by atoms with E-state index in [9.17, 15) is 36.8 Å². The zero-order valence-electron chi connectivity index (χ0n) is 25.4. The first-order valence-electron chi connectivity index (χ1n) is 15.1. The van der Waals surface area contributed by atoms with Gasteiger partial charge in [0, 0.05) is 62.7 Å². The molecule has 15 heteroatoms. The summed E-state index contributed by atoms with van der Waals surface area (Å²) in [5, 5.41) is 18.1. The predicted octanol–water partition coefficient (Wildman–Crippen LogP) is 5.97. The Labute approximate surface area is 265 Å². The Kier molecular flexibility index (Phi) is 8.15. The van der Waals surface area contributed by atoms with Crippen LogP contribution in [0.25, 0.3) is 10.9 Å². The average Bonchev–Trinajstić information content (AvgIpc) is 3.41. The van der Waals surface area contributed by atoms with Crippen molar-refractivity contribution in [1.82, 2.24) is 24.6 Å². The predicted molar refractivity (Wildman–Crippen MR) is 164 cm³/mol. The third-order valence-corrected chi connectivity index (χ3v) is 9.05. The van der Waals surface area contributed by atoms with Crippen LogP contribution in [-0.2, 0) is 11.7 Å². The first-order valence-corrected chi connectivity index (χ1v) is 15.1. The highest BCUT2D eigenvalue weighted by Crippen LogP contribution is 2.39. The molecule has 2 saturated heterocycles. The number of piperidine rings is 2. The summed E-state index contributed by atoms with van der Waals surface area (Å²) in [5.41, 5.74) is -0.0968. The van der Waals surface area contributed by atoms with Crippen molar-refractivity contribution in [2.24, 2.45) is 0 Å². The molecule has 2 aliphatic heterocycles. The highest BCUT2D eigenvalue weighted by molar-refractivity contribution is 5.97. The first-order chi connectivity index (χ1) is 22.3. The van der Waals surface area contributed by atoms with Gasteiger partial charge in [-0.3, -0.25) is 14.3 Å². The van der Waals surface area contributed by atoms with Gasteiger partial charge in [0.2, 0.25) is 0 Å². The van der Waals surface area contributed by atoms with E-state index in [-0.39, 0.29) is 55.3 Å². The largest absolute Gasteiger partial charge is 0.416 e. The molecule has 2 N–H and O–H groups in total. The molecule has 0 spiro atoms. The van der Waals surface area contributed by atoms with E-state index in [1.807, 2.05) is 0 Å². The molecule has 0 atom stereocenters. The maximum absolute atomic E-state index is 13.6. The Morgan fingerprint density at radius 1 is 1.06 bits per heavy atom. The smallest absolute Gasteiger partial charge is 0.356 e. The number of halogens is 5. The molecule has 2 aliphatic rings. The number of anilines is 3. The van der Waals surface area contributed by atoms with Gasteiger partial charge in [-0.2, -0.15) is 23.5 Å². The molecule has 0 bridgehead atoms. The van der Waals surface area contributed by atoms with E-state index in [1.54, 1.807) is 40.8 Å². The number of likely N-dealkylation sites (tertiary alicyclic amines) is 1. The third-order valence-electron chi connectivity index (χ3n) is 9.05. The molecule has 4 aromatic rings. The number of aryl methyl sites for hydroxylation is 1. The number of aromatic nitrogens is 4. The Balaban J connectivity index is 1.28. The van der Waals surface area contributed by atoms with Crippen LogP contribution in [0.2, 0.25) is 0 Å². The van der Waals surface area contributed by atoms with Gasteiger partial charge in [0.05, 0.1) is 29.1 Å². The Hall–Kier alpha value is -5.00. The lowest BCUT2D eigenvalue weighted by Gasteiger charge is -2.41. The molecule has 47 heavy (non-hydrogen) atoms. The molecule has 6 rings (SSSR count). The molecule has 0 aliphatic carbocycles. The van der Waals surface area contributed by atoms with Crippen molar-refractivity contribution in [3.63, 3.8) is 0 Å². The topological polar surface area (TPSA) is 123 Å². The van der Waals surface area contributed by atoms with E-state index < -0.39 is 28.8 Å². The van der Waals surface area contributed by atoms with Crippen molar-refractivity contribution in [1.29, 1.82) is 5.26 Å². The molecule has 0 unspecified atom stereocenters. The number of alkyl halides is 5. The summed E-state index contributed by atoms with van der Waals surface area (Å²) in [4.78, 5) is 36.2. The van der Waals surface area contributed by atoms with Crippen molar-refractivity contribution >= 4 is 34.1 Å². The normalized spacial score (nSPS) is 17.8. The fourth-order valence-corrected chi connectivity index (χ4v) is 6.38. The lowest BCUT2D eigenvalue weighted by Crippen LogP contribution is -2.47. The second-order valence-electron chi connectivity index (χ2n) is 12.1. The SMILES string of the molecule is Cc1cc(Nc2nn(C3(CC#N)CCN(c4cc(C(F)(F)F)ccn4)CC3)c3cc[nH]c(=O)c23)ccc1C(=O)N1CCC(F)(F)CC1. The molecule has 0 saturated carbocycles. The number of rotatable bonds is 6. The lowest BCUT2D eigenvalue weighted by atomic mass is 9.84. The average molecular weight is 655 g/mol. The summed E-state index contributed by atoms with van der Waals surface area (Å²) in [5.74, 6) is -2.70. The number of nitriles is 1. The molecule has 3 aromatic heterocycles. The van der Waals surface area contributed by atoms with Crippen LogP contribution in [0.3, 0.4) is 0 Å². The first kappa shape index (κ1) is 32.0. The number of benzene rings is 1. The number of hydrogen-bond donors (Lipinski definition) is 2. The number of carbonyl (C=O) groups is 1. The van der Waals surface area contributed by atoms with E-state index >= 15 is 0 Å². The fraction of sp³-hybridized carbons (Fsp3) is 0.406. The van der Waals surface area contributed by atoms with Gasteiger partial charge < -0.3 is 20.1 Å². The molecule has 2 fully saturated rings. The Morgan fingerprint density at radius 3 is 2.45 bits per heavy atom. The molecular formula is C32H31F5N8O2. The number of pyridine rings is 2. The van der Waals surface area contributed by atoms with E-state index in [4.69, 9.17) is 5.10 Å². The van der Waals surface area contributed by atoms with Gasteiger partial charge in [0.1, 0.15) is 11.2 Å². The second-order valence-corrected chi connectivity index (χ2v) is 12.1. The Morgan fingerprint density at radius 2 is 1.79 bits per heavy atom. The number of aromatic amines is 1. The van der Waals surface area contributed by atoms with Crippen molar-refractivity contribution < 1.29 is 26.7 Å². The molecule has 5 heterocycles. The number of amides is 1. The van der Waals surface area contributed by atoms with Crippen LogP contribution in [0.4, 0.5) is 39.3 Å². The lowest BCUT2D eigenvalue weighted by molar-refractivity contribution is -0.137. The maximum Gasteiger partial charge on any atom is 0.416 e. The van der Waals surface area contributed by atoms with Crippen molar-refractivity contribution in [3.05, 3.63) is 75.8 Å². The van der Waals surface area contributed by atoms with Crippen LogP contribution >= 0.6 is 0 Å².